The van der Waals surface area contributed by atoms with Crippen LogP contribution in [0, 0.1) is 5.82 Å². The fourth-order valence-corrected chi connectivity index (χ4v) is 2.50. The smallest absolute Gasteiger partial charge is 0.232 e. The van der Waals surface area contributed by atoms with Gasteiger partial charge >= 0.3 is 0 Å². The molecule has 0 aliphatic heterocycles. The van der Waals surface area contributed by atoms with Gasteiger partial charge in [0.2, 0.25) is 5.91 Å². The highest BCUT2D eigenvalue weighted by Crippen LogP contribution is 2.28. The maximum absolute atomic E-state index is 13.6. The van der Waals surface area contributed by atoms with Crippen molar-refractivity contribution in [1.82, 2.24) is 4.90 Å². The predicted molar refractivity (Wildman–Crippen MR) is 68.4 cm³/mol. The van der Waals surface area contributed by atoms with Crippen molar-refractivity contribution in [3.63, 3.8) is 0 Å². The second-order valence-corrected chi connectivity index (χ2v) is 5.03. The molecule has 1 aromatic carbocycles. The molecule has 17 heavy (non-hydrogen) atoms. The van der Waals surface area contributed by atoms with Crippen molar-refractivity contribution in [2.45, 2.75) is 17.9 Å². The number of hydrogen-bond donors (Lipinski definition) is 1. The second kappa shape index (κ2) is 6.02. The molecule has 1 rings (SSSR count). The average Bonchev–Trinajstić information content (AvgIpc) is 2.24. The van der Waals surface area contributed by atoms with E-state index in [2.05, 4.69) is 0 Å². The van der Waals surface area contributed by atoms with Crippen LogP contribution in [0.1, 0.15) is 18.5 Å². The van der Waals surface area contributed by atoms with Crippen LogP contribution in [-0.2, 0) is 4.79 Å². The molecule has 0 spiro atoms. The number of rotatable bonds is 4. The fourth-order valence-electron chi connectivity index (χ4n) is 1.35. The van der Waals surface area contributed by atoms with E-state index < -0.39 is 0 Å². The molecule has 0 unspecified atom stereocenters. The first-order valence-electron chi connectivity index (χ1n) is 5.30. The molecule has 3 nitrogen and oxygen atoms in total. The lowest BCUT2D eigenvalue weighted by Gasteiger charge is -2.14. The molecule has 1 aromatic rings. The lowest BCUT2D eigenvalue weighted by Crippen LogP contribution is -2.23. The Morgan fingerprint density at radius 2 is 2.18 bits per heavy atom. The molecule has 0 radical (unpaired) electrons. The first kappa shape index (κ1) is 14.0. The van der Waals surface area contributed by atoms with Gasteiger partial charge in [0.1, 0.15) is 5.82 Å². The number of carbonyl (C=O) groups excluding carboxylic acids is 1. The van der Waals surface area contributed by atoms with E-state index in [1.807, 2.05) is 0 Å². The zero-order chi connectivity index (χ0) is 13.0. The fraction of sp³-hybridized carbons (Fsp3) is 0.417. The number of carbonyl (C=O) groups is 1. The Labute approximate surface area is 105 Å². The third kappa shape index (κ3) is 3.71. The Balaban J connectivity index is 2.84. The minimum absolute atomic E-state index is 0.00474. The van der Waals surface area contributed by atoms with E-state index in [0.29, 0.717) is 5.56 Å². The molecule has 0 aliphatic carbocycles. The first-order chi connectivity index (χ1) is 7.93. The van der Waals surface area contributed by atoms with Crippen molar-refractivity contribution in [3.05, 3.63) is 29.6 Å². The van der Waals surface area contributed by atoms with Gasteiger partial charge in [0, 0.05) is 30.6 Å². The number of halogens is 1. The van der Waals surface area contributed by atoms with Gasteiger partial charge in [0.15, 0.2) is 0 Å². The van der Waals surface area contributed by atoms with Gasteiger partial charge in [0.05, 0.1) is 5.75 Å². The van der Waals surface area contributed by atoms with Crippen molar-refractivity contribution < 1.29 is 9.18 Å². The summed E-state index contributed by atoms with van der Waals surface area (Å²) >= 11 is 1.31. The minimum atomic E-state index is -0.381. The van der Waals surface area contributed by atoms with Gasteiger partial charge < -0.3 is 10.6 Å². The molecule has 0 heterocycles. The van der Waals surface area contributed by atoms with Crippen LogP contribution in [0.2, 0.25) is 0 Å². The molecular formula is C12H17FN2OS. The first-order valence-corrected chi connectivity index (χ1v) is 6.29. The largest absolute Gasteiger partial charge is 0.348 e. The van der Waals surface area contributed by atoms with Crippen molar-refractivity contribution in [2.24, 2.45) is 5.73 Å². The SMILES string of the molecule is C[C@@H](N)c1c(F)cccc1SCC(=O)N(C)C. The minimum Gasteiger partial charge on any atom is -0.348 e. The van der Waals surface area contributed by atoms with Crippen LogP contribution in [0.4, 0.5) is 4.39 Å². The summed E-state index contributed by atoms with van der Waals surface area (Å²) in [5.74, 6) is -0.0342. The van der Waals surface area contributed by atoms with Crippen molar-refractivity contribution in [3.8, 4) is 0 Å². The summed E-state index contributed by atoms with van der Waals surface area (Å²) in [6, 6.07) is 4.42. The van der Waals surface area contributed by atoms with Crippen LogP contribution >= 0.6 is 11.8 Å². The number of nitrogens with two attached hydrogens (primary N) is 1. The summed E-state index contributed by atoms with van der Waals surface area (Å²) in [6.07, 6.45) is 0. The molecule has 0 aromatic heterocycles. The van der Waals surface area contributed by atoms with E-state index in [-0.39, 0.29) is 23.5 Å². The van der Waals surface area contributed by atoms with Gasteiger partial charge in [0.25, 0.3) is 0 Å². The third-order valence-corrected chi connectivity index (χ3v) is 3.38. The van der Waals surface area contributed by atoms with Gasteiger partial charge in [-0.1, -0.05) is 6.07 Å². The molecule has 94 valence electrons. The Morgan fingerprint density at radius 1 is 1.53 bits per heavy atom. The summed E-state index contributed by atoms with van der Waals surface area (Å²) in [5.41, 5.74) is 6.21. The van der Waals surface area contributed by atoms with Gasteiger partial charge in [-0.15, -0.1) is 11.8 Å². The molecule has 2 N–H and O–H groups in total. The number of amides is 1. The molecule has 0 saturated heterocycles. The molecule has 0 saturated carbocycles. The van der Waals surface area contributed by atoms with Gasteiger partial charge in [-0.2, -0.15) is 0 Å². The topological polar surface area (TPSA) is 46.3 Å². The highest BCUT2D eigenvalue weighted by atomic mass is 32.2. The van der Waals surface area contributed by atoms with Gasteiger partial charge in [-0.05, 0) is 19.1 Å². The monoisotopic (exact) mass is 256 g/mol. The molecule has 0 aliphatic rings. The van der Waals surface area contributed by atoms with Crippen LogP contribution in [0.15, 0.2) is 23.1 Å². The zero-order valence-corrected chi connectivity index (χ0v) is 11.1. The highest BCUT2D eigenvalue weighted by Gasteiger charge is 2.14. The Hall–Kier alpha value is -1.07. The van der Waals surface area contributed by atoms with E-state index in [4.69, 9.17) is 5.73 Å². The molecule has 1 atom stereocenters. The number of thioether (sulfide) groups is 1. The van der Waals surface area contributed by atoms with E-state index >= 15 is 0 Å². The van der Waals surface area contributed by atoms with Crippen LogP contribution in [0.25, 0.3) is 0 Å². The lowest BCUT2D eigenvalue weighted by atomic mass is 10.1. The summed E-state index contributed by atoms with van der Waals surface area (Å²) in [5, 5.41) is 0. The zero-order valence-electron chi connectivity index (χ0n) is 10.2. The molecule has 0 fully saturated rings. The van der Waals surface area contributed by atoms with Gasteiger partial charge in [-0.25, -0.2) is 4.39 Å². The number of hydrogen-bond acceptors (Lipinski definition) is 3. The summed E-state index contributed by atoms with van der Waals surface area (Å²) in [6.45, 7) is 1.73. The normalized spacial score (nSPS) is 12.3. The van der Waals surface area contributed by atoms with Crippen LogP contribution in [0.3, 0.4) is 0 Å². The average molecular weight is 256 g/mol. The van der Waals surface area contributed by atoms with E-state index in [1.54, 1.807) is 33.2 Å². The number of nitrogens with zero attached hydrogens (tertiary/aromatic N) is 1. The summed E-state index contributed by atoms with van der Waals surface area (Å²) < 4.78 is 13.6. The Bertz CT molecular complexity index is 407. The Kier molecular flexibility index (Phi) is 4.96. The Morgan fingerprint density at radius 3 is 2.71 bits per heavy atom. The van der Waals surface area contributed by atoms with Crippen molar-refractivity contribution in [2.75, 3.05) is 19.8 Å². The quantitative estimate of drug-likeness (QED) is 0.838. The highest BCUT2D eigenvalue weighted by molar-refractivity contribution is 8.00. The molecule has 5 heteroatoms. The van der Waals surface area contributed by atoms with Gasteiger partial charge in [-0.3, -0.25) is 4.79 Å². The summed E-state index contributed by atoms with van der Waals surface area (Å²) in [4.78, 5) is 13.7. The lowest BCUT2D eigenvalue weighted by molar-refractivity contribution is -0.125. The van der Waals surface area contributed by atoms with E-state index in [9.17, 15) is 9.18 Å². The van der Waals surface area contributed by atoms with E-state index in [0.717, 1.165) is 4.90 Å². The standard InChI is InChI=1S/C12H17FN2OS/c1-8(14)12-9(13)5-4-6-10(12)17-7-11(16)15(2)3/h4-6,8H,7,14H2,1-3H3/t8-/m1/s1. The van der Waals surface area contributed by atoms with Crippen LogP contribution < -0.4 is 5.73 Å². The number of benzene rings is 1. The second-order valence-electron chi connectivity index (χ2n) is 4.02. The molecule has 1 amide bonds. The van der Waals surface area contributed by atoms with E-state index in [1.165, 1.54) is 22.7 Å². The summed E-state index contributed by atoms with van der Waals surface area (Å²) in [7, 11) is 3.39. The van der Waals surface area contributed by atoms with Crippen LogP contribution in [0.5, 0.6) is 0 Å². The molecule has 0 bridgehead atoms. The van der Waals surface area contributed by atoms with Crippen LogP contribution in [-0.4, -0.2) is 30.7 Å². The van der Waals surface area contributed by atoms with Crippen molar-refractivity contribution >= 4 is 17.7 Å². The third-order valence-electron chi connectivity index (χ3n) is 2.32. The maximum atomic E-state index is 13.6. The predicted octanol–water partition coefficient (Wildman–Crippen LogP) is 2.03. The molecular weight excluding hydrogens is 239 g/mol. The maximum Gasteiger partial charge on any atom is 0.232 e. The van der Waals surface area contributed by atoms with Crippen molar-refractivity contribution in [1.29, 1.82) is 0 Å².